The Labute approximate surface area is 115 Å². The molecule has 6 heteroatoms. The zero-order valence-corrected chi connectivity index (χ0v) is 11.5. The number of thioether (sulfide) groups is 1. The first kappa shape index (κ1) is 13.0. The molecule has 2 rings (SSSR count). The Morgan fingerprint density at radius 1 is 1.33 bits per heavy atom. The molecule has 94 valence electrons. The fraction of sp³-hybridized carbons (Fsp3) is 0.167. The number of ether oxygens (including phenoxy) is 1. The minimum atomic E-state index is 0.345. The standard InChI is InChI=1S/C12H12ClN3OS/c1-14-12-15-7-8(13)11(16-12)17-9-5-3-4-6-10(9)18-2/h3-7H,1-2H3,(H,14,15,16). The third-order valence-electron chi connectivity index (χ3n) is 2.21. The third-order valence-corrected chi connectivity index (χ3v) is 3.25. The zero-order chi connectivity index (χ0) is 13.0. The minimum Gasteiger partial charge on any atom is -0.436 e. The zero-order valence-electron chi connectivity index (χ0n) is 9.98. The Morgan fingerprint density at radius 2 is 2.11 bits per heavy atom. The van der Waals surface area contributed by atoms with Crippen LogP contribution >= 0.6 is 23.4 Å². The van der Waals surface area contributed by atoms with Crippen LogP contribution in [0.3, 0.4) is 0 Å². The normalized spacial score (nSPS) is 10.2. The van der Waals surface area contributed by atoms with Gasteiger partial charge in [-0.25, -0.2) is 4.98 Å². The Balaban J connectivity index is 2.33. The molecule has 1 N–H and O–H groups in total. The van der Waals surface area contributed by atoms with Gasteiger partial charge in [-0.2, -0.15) is 4.98 Å². The van der Waals surface area contributed by atoms with Gasteiger partial charge in [0.2, 0.25) is 11.8 Å². The van der Waals surface area contributed by atoms with Crippen molar-refractivity contribution in [2.45, 2.75) is 4.90 Å². The van der Waals surface area contributed by atoms with Crippen molar-refractivity contribution in [3.05, 3.63) is 35.5 Å². The van der Waals surface area contributed by atoms with Crippen LogP contribution in [0.2, 0.25) is 5.02 Å². The topological polar surface area (TPSA) is 47.0 Å². The highest BCUT2D eigenvalue weighted by Gasteiger charge is 2.09. The Hall–Kier alpha value is -1.46. The van der Waals surface area contributed by atoms with E-state index < -0.39 is 0 Å². The van der Waals surface area contributed by atoms with E-state index in [1.54, 1.807) is 18.8 Å². The highest BCUT2D eigenvalue weighted by molar-refractivity contribution is 7.98. The number of para-hydroxylation sites is 1. The maximum absolute atomic E-state index is 6.01. The minimum absolute atomic E-state index is 0.345. The fourth-order valence-electron chi connectivity index (χ4n) is 1.35. The van der Waals surface area contributed by atoms with Crippen LogP contribution in [0.25, 0.3) is 0 Å². The number of rotatable bonds is 4. The molecule has 0 radical (unpaired) electrons. The van der Waals surface area contributed by atoms with Gasteiger partial charge >= 0.3 is 0 Å². The average Bonchev–Trinajstić information content (AvgIpc) is 2.42. The second-order valence-corrected chi connectivity index (χ2v) is 4.60. The first-order valence-corrected chi connectivity index (χ1v) is 6.86. The van der Waals surface area contributed by atoms with Crippen LogP contribution in [0.4, 0.5) is 5.95 Å². The van der Waals surface area contributed by atoms with Crippen LogP contribution in [-0.2, 0) is 0 Å². The van der Waals surface area contributed by atoms with Crippen molar-refractivity contribution < 1.29 is 4.74 Å². The van der Waals surface area contributed by atoms with E-state index in [0.29, 0.717) is 16.9 Å². The van der Waals surface area contributed by atoms with Gasteiger partial charge in [-0.1, -0.05) is 23.7 Å². The molecule has 0 aliphatic carbocycles. The van der Waals surface area contributed by atoms with Crippen LogP contribution in [0.15, 0.2) is 35.4 Å². The SMILES string of the molecule is CNc1ncc(Cl)c(Oc2ccccc2SC)n1. The van der Waals surface area contributed by atoms with E-state index in [0.717, 1.165) is 10.6 Å². The van der Waals surface area contributed by atoms with Gasteiger partial charge in [0.25, 0.3) is 0 Å². The van der Waals surface area contributed by atoms with Gasteiger partial charge in [0.15, 0.2) is 0 Å². The summed E-state index contributed by atoms with van der Waals surface area (Å²) in [6.45, 7) is 0. The molecule has 4 nitrogen and oxygen atoms in total. The molecule has 1 heterocycles. The number of aromatic nitrogens is 2. The maximum Gasteiger partial charge on any atom is 0.243 e. The lowest BCUT2D eigenvalue weighted by Gasteiger charge is -2.10. The smallest absolute Gasteiger partial charge is 0.243 e. The summed E-state index contributed by atoms with van der Waals surface area (Å²) in [6, 6.07) is 7.72. The Morgan fingerprint density at radius 3 is 2.83 bits per heavy atom. The van der Waals surface area contributed by atoms with Crippen molar-refractivity contribution in [3.63, 3.8) is 0 Å². The highest BCUT2D eigenvalue weighted by atomic mass is 35.5. The molecule has 0 saturated heterocycles. The van der Waals surface area contributed by atoms with Crippen molar-refractivity contribution in [1.82, 2.24) is 9.97 Å². The van der Waals surface area contributed by atoms with E-state index in [9.17, 15) is 0 Å². The summed E-state index contributed by atoms with van der Waals surface area (Å²) < 4.78 is 5.73. The van der Waals surface area contributed by atoms with Crippen LogP contribution < -0.4 is 10.1 Å². The summed E-state index contributed by atoms with van der Waals surface area (Å²) in [5.74, 6) is 1.54. The summed E-state index contributed by atoms with van der Waals surface area (Å²) >= 11 is 7.62. The first-order valence-electron chi connectivity index (χ1n) is 5.25. The van der Waals surface area contributed by atoms with Gasteiger partial charge in [-0.3, -0.25) is 0 Å². The third kappa shape index (κ3) is 2.86. The lowest BCUT2D eigenvalue weighted by atomic mass is 10.3. The average molecular weight is 282 g/mol. The highest BCUT2D eigenvalue weighted by Crippen LogP contribution is 2.33. The molecule has 0 amide bonds. The number of hydrogen-bond acceptors (Lipinski definition) is 5. The maximum atomic E-state index is 6.01. The van der Waals surface area contributed by atoms with E-state index in [-0.39, 0.29) is 0 Å². The summed E-state index contributed by atoms with van der Waals surface area (Å²) in [6.07, 6.45) is 3.50. The van der Waals surface area contributed by atoms with Gasteiger partial charge in [-0.15, -0.1) is 11.8 Å². The summed E-state index contributed by atoms with van der Waals surface area (Å²) in [5.41, 5.74) is 0. The lowest BCUT2D eigenvalue weighted by molar-refractivity contribution is 0.452. The van der Waals surface area contributed by atoms with Crippen LogP contribution in [0.1, 0.15) is 0 Å². The summed E-state index contributed by atoms with van der Waals surface area (Å²) in [7, 11) is 1.74. The van der Waals surface area contributed by atoms with Crippen molar-refractivity contribution in [1.29, 1.82) is 0 Å². The molecule has 0 spiro atoms. The second kappa shape index (κ2) is 5.93. The largest absolute Gasteiger partial charge is 0.436 e. The predicted molar refractivity (Wildman–Crippen MR) is 74.9 cm³/mol. The molecule has 0 bridgehead atoms. The molecular formula is C12H12ClN3OS. The van der Waals surface area contributed by atoms with Crippen molar-refractivity contribution in [3.8, 4) is 11.6 Å². The van der Waals surface area contributed by atoms with E-state index in [1.807, 2.05) is 30.5 Å². The van der Waals surface area contributed by atoms with Crippen molar-refractivity contribution in [2.24, 2.45) is 0 Å². The number of halogens is 1. The van der Waals surface area contributed by atoms with Gasteiger partial charge in [0, 0.05) is 11.9 Å². The van der Waals surface area contributed by atoms with Crippen molar-refractivity contribution in [2.75, 3.05) is 18.6 Å². The molecule has 2 aromatic rings. The summed E-state index contributed by atoms with van der Waals surface area (Å²) in [5, 5.41) is 3.22. The first-order chi connectivity index (χ1) is 8.74. The molecule has 0 aliphatic rings. The van der Waals surface area contributed by atoms with Crippen molar-refractivity contribution >= 4 is 29.3 Å². The Kier molecular flexibility index (Phi) is 4.28. The number of hydrogen-bond donors (Lipinski definition) is 1. The predicted octanol–water partition coefficient (Wildman–Crippen LogP) is 3.69. The number of anilines is 1. The molecular weight excluding hydrogens is 270 g/mol. The number of benzene rings is 1. The molecule has 1 aromatic heterocycles. The molecule has 0 saturated carbocycles. The number of nitrogens with one attached hydrogen (secondary N) is 1. The van der Waals surface area contributed by atoms with E-state index in [4.69, 9.17) is 16.3 Å². The molecule has 1 aromatic carbocycles. The van der Waals surface area contributed by atoms with Gasteiger partial charge < -0.3 is 10.1 Å². The van der Waals surface area contributed by atoms with E-state index in [1.165, 1.54) is 6.20 Å². The quantitative estimate of drug-likeness (QED) is 0.866. The molecule has 0 aliphatic heterocycles. The van der Waals surface area contributed by atoms with E-state index >= 15 is 0 Å². The van der Waals surface area contributed by atoms with Crippen LogP contribution in [-0.4, -0.2) is 23.3 Å². The van der Waals surface area contributed by atoms with Gasteiger partial charge in [0.05, 0.1) is 6.20 Å². The monoisotopic (exact) mass is 281 g/mol. The second-order valence-electron chi connectivity index (χ2n) is 3.35. The van der Waals surface area contributed by atoms with Gasteiger partial charge in [0.1, 0.15) is 10.8 Å². The molecule has 0 fully saturated rings. The van der Waals surface area contributed by atoms with Gasteiger partial charge in [-0.05, 0) is 18.4 Å². The molecule has 18 heavy (non-hydrogen) atoms. The van der Waals surface area contributed by atoms with Crippen LogP contribution in [0.5, 0.6) is 11.6 Å². The Bertz CT molecular complexity index is 551. The summed E-state index contributed by atoms with van der Waals surface area (Å²) in [4.78, 5) is 9.20. The van der Waals surface area contributed by atoms with E-state index in [2.05, 4.69) is 15.3 Å². The van der Waals surface area contributed by atoms with Crippen LogP contribution in [0, 0.1) is 0 Å². The lowest BCUT2D eigenvalue weighted by Crippen LogP contribution is -1.98. The number of nitrogens with zero attached hydrogens (tertiary/aromatic N) is 2. The molecule has 0 atom stereocenters. The molecule has 0 unspecified atom stereocenters. The fourth-order valence-corrected chi connectivity index (χ4v) is 2.01.